The highest BCUT2D eigenvalue weighted by Crippen LogP contribution is 2.25. The molecule has 0 fully saturated rings. The average molecular weight is 277 g/mol. The summed E-state index contributed by atoms with van der Waals surface area (Å²) in [7, 11) is 0. The lowest BCUT2D eigenvalue weighted by Gasteiger charge is -2.32. The fourth-order valence-corrected chi connectivity index (χ4v) is 2.39. The van der Waals surface area contributed by atoms with Gasteiger partial charge in [-0.1, -0.05) is 25.5 Å². The maximum absolute atomic E-state index is 12.5. The molecule has 0 radical (unpaired) electrons. The molecule has 0 saturated carbocycles. The molecule has 110 valence electrons. The number of unbranched alkanes of at least 4 members (excludes halogenated alkanes) is 1. The van der Waals surface area contributed by atoms with Crippen LogP contribution in [0.2, 0.25) is 0 Å². The van der Waals surface area contributed by atoms with E-state index in [1.54, 1.807) is 4.90 Å². The van der Waals surface area contributed by atoms with Gasteiger partial charge in [-0.05, 0) is 18.6 Å². The van der Waals surface area contributed by atoms with Gasteiger partial charge in [0.05, 0.1) is 18.0 Å². The quantitative estimate of drug-likeness (QED) is 0.737. The first-order valence-corrected chi connectivity index (χ1v) is 7.25. The van der Waals surface area contributed by atoms with E-state index >= 15 is 0 Å². The molecule has 1 amide bonds. The lowest BCUT2D eigenvalue weighted by molar-refractivity contribution is -0.132. The molecule has 5 heteroatoms. The minimum Gasteiger partial charge on any atom is -0.395 e. The van der Waals surface area contributed by atoms with Crippen LogP contribution in [-0.2, 0) is 4.79 Å². The number of anilines is 2. The number of hydrogen-bond donors (Lipinski definition) is 3. The molecule has 0 aromatic heterocycles. The number of carbonyl (C=O) groups excluding carboxylic acids is 1. The molecule has 1 aromatic rings. The van der Waals surface area contributed by atoms with Crippen molar-refractivity contribution < 1.29 is 9.90 Å². The Balaban J connectivity index is 2.01. The van der Waals surface area contributed by atoms with Crippen molar-refractivity contribution in [2.45, 2.75) is 25.8 Å². The summed E-state index contributed by atoms with van der Waals surface area (Å²) in [5.41, 5.74) is 1.98. The zero-order valence-electron chi connectivity index (χ0n) is 11.9. The van der Waals surface area contributed by atoms with E-state index in [4.69, 9.17) is 5.11 Å². The fraction of sp³-hybridized carbons (Fsp3) is 0.533. The van der Waals surface area contributed by atoms with Gasteiger partial charge in [-0.3, -0.25) is 4.79 Å². The molecule has 5 nitrogen and oxygen atoms in total. The normalized spacial score (nSPS) is 16.8. The molecule has 1 heterocycles. The molecule has 1 aromatic carbocycles. The molecule has 2 rings (SSSR count). The summed E-state index contributed by atoms with van der Waals surface area (Å²) in [6.45, 7) is 3.78. The van der Waals surface area contributed by atoms with Crippen LogP contribution in [0, 0.1) is 0 Å². The number of benzene rings is 1. The van der Waals surface area contributed by atoms with Gasteiger partial charge in [0, 0.05) is 19.6 Å². The smallest absolute Gasteiger partial charge is 0.246 e. The lowest BCUT2D eigenvalue weighted by atomic mass is 10.1. The zero-order chi connectivity index (χ0) is 14.4. The van der Waals surface area contributed by atoms with Gasteiger partial charge in [-0.25, -0.2) is 0 Å². The predicted molar refractivity (Wildman–Crippen MR) is 80.9 cm³/mol. The number of para-hydroxylation sites is 2. The standard InChI is InChI=1S/C15H23N3O2/c1-2-3-8-18(9-10-19)15(20)14-11-16-12-6-4-5-7-13(12)17-14/h4-7,14,16-17,19H,2-3,8-11H2,1H3. The summed E-state index contributed by atoms with van der Waals surface area (Å²) in [5, 5.41) is 15.7. The van der Waals surface area contributed by atoms with Crippen LogP contribution in [0.5, 0.6) is 0 Å². The minimum atomic E-state index is -0.270. The maximum atomic E-state index is 12.5. The van der Waals surface area contributed by atoms with Gasteiger partial charge in [0.25, 0.3) is 0 Å². The summed E-state index contributed by atoms with van der Waals surface area (Å²) in [6, 6.07) is 7.60. The van der Waals surface area contributed by atoms with E-state index in [0.29, 0.717) is 19.6 Å². The number of amides is 1. The second-order valence-corrected chi connectivity index (χ2v) is 5.03. The first-order valence-electron chi connectivity index (χ1n) is 7.25. The molecule has 1 aliphatic rings. The van der Waals surface area contributed by atoms with Gasteiger partial charge >= 0.3 is 0 Å². The number of rotatable bonds is 6. The molecule has 20 heavy (non-hydrogen) atoms. The molecule has 3 N–H and O–H groups in total. The van der Waals surface area contributed by atoms with Crippen LogP contribution in [0.15, 0.2) is 24.3 Å². The van der Waals surface area contributed by atoms with Gasteiger partial charge in [-0.2, -0.15) is 0 Å². The van der Waals surface area contributed by atoms with E-state index in [0.717, 1.165) is 24.2 Å². The predicted octanol–water partition coefficient (Wildman–Crippen LogP) is 1.51. The largest absolute Gasteiger partial charge is 0.395 e. The Kier molecular flexibility index (Phi) is 5.24. The molecule has 0 saturated heterocycles. The number of nitrogens with zero attached hydrogens (tertiary/aromatic N) is 1. The van der Waals surface area contributed by atoms with Gasteiger partial charge < -0.3 is 20.6 Å². The van der Waals surface area contributed by atoms with Crippen molar-refractivity contribution in [1.82, 2.24) is 4.90 Å². The highest BCUT2D eigenvalue weighted by molar-refractivity contribution is 5.88. The van der Waals surface area contributed by atoms with Crippen LogP contribution in [0.3, 0.4) is 0 Å². The second kappa shape index (κ2) is 7.14. The molecular formula is C15H23N3O2. The third-order valence-electron chi connectivity index (χ3n) is 3.51. The van der Waals surface area contributed by atoms with Crippen molar-refractivity contribution in [3.8, 4) is 0 Å². The fourth-order valence-electron chi connectivity index (χ4n) is 2.39. The molecule has 1 atom stereocenters. The van der Waals surface area contributed by atoms with E-state index in [1.807, 2.05) is 24.3 Å². The van der Waals surface area contributed by atoms with Crippen molar-refractivity contribution in [1.29, 1.82) is 0 Å². The van der Waals surface area contributed by atoms with E-state index in [9.17, 15) is 4.79 Å². The van der Waals surface area contributed by atoms with Crippen LogP contribution < -0.4 is 10.6 Å². The Morgan fingerprint density at radius 1 is 1.35 bits per heavy atom. The average Bonchev–Trinajstić information content (AvgIpc) is 2.50. The third-order valence-corrected chi connectivity index (χ3v) is 3.51. The number of nitrogens with one attached hydrogen (secondary N) is 2. The topological polar surface area (TPSA) is 64.6 Å². The summed E-state index contributed by atoms with van der Waals surface area (Å²) in [6.07, 6.45) is 2.00. The first kappa shape index (κ1) is 14.7. The Hall–Kier alpha value is -1.75. The molecular weight excluding hydrogens is 254 g/mol. The van der Waals surface area contributed by atoms with E-state index in [-0.39, 0.29) is 18.6 Å². The summed E-state index contributed by atoms with van der Waals surface area (Å²) in [5.74, 6) is 0.0505. The highest BCUT2D eigenvalue weighted by Gasteiger charge is 2.27. The minimum absolute atomic E-state index is 0.00614. The number of hydrogen-bond acceptors (Lipinski definition) is 4. The van der Waals surface area contributed by atoms with Crippen molar-refractivity contribution in [2.24, 2.45) is 0 Å². The summed E-state index contributed by atoms with van der Waals surface area (Å²) >= 11 is 0. The molecule has 0 spiro atoms. The van der Waals surface area contributed by atoms with Crippen LogP contribution in [0.1, 0.15) is 19.8 Å². The highest BCUT2D eigenvalue weighted by atomic mass is 16.3. The summed E-state index contributed by atoms with van der Waals surface area (Å²) < 4.78 is 0. The zero-order valence-corrected chi connectivity index (χ0v) is 11.9. The molecule has 1 aliphatic heterocycles. The van der Waals surface area contributed by atoms with Crippen LogP contribution in [0.25, 0.3) is 0 Å². The molecule has 0 aliphatic carbocycles. The second-order valence-electron chi connectivity index (χ2n) is 5.03. The van der Waals surface area contributed by atoms with Gasteiger partial charge in [0.15, 0.2) is 0 Å². The van der Waals surface area contributed by atoms with Crippen LogP contribution >= 0.6 is 0 Å². The van der Waals surface area contributed by atoms with Crippen LogP contribution in [0.4, 0.5) is 11.4 Å². The number of carbonyl (C=O) groups is 1. The number of aliphatic hydroxyl groups is 1. The molecule has 1 unspecified atom stereocenters. The monoisotopic (exact) mass is 277 g/mol. The van der Waals surface area contributed by atoms with Gasteiger partial charge in [-0.15, -0.1) is 0 Å². The molecule has 0 bridgehead atoms. The van der Waals surface area contributed by atoms with Gasteiger partial charge in [0.2, 0.25) is 5.91 Å². The number of aliphatic hydroxyl groups excluding tert-OH is 1. The Morgan fingerprint density at radius 3 is 2.80 bits per heavy atom. The SMILES string of the molecule is CCCCN(CCO)C(=O)C1CNc2ccccc2N1. The summed E-state index contributed by atoms with van der Waals surface area (Å²) in [4.78, 5) is 14.3. The Morgan fingerprint density at radius 2 is 2.10 bits per heavy atom. The maximum Gasteiger partial charge on any atom is 0.246 e. The Labute approximate surface area is 120 Å². The lowest BCUT2D eigenvalue weighted by Crippen LogP contribution is -2.49. The first-order chi connectivity index (χ1) is 9.76. The van der Waals surface area contributed by atoms with Crippen molar-refractivity contribution >= 4 is 17.3 Å². The van der Waals surface area contributed by atoms with Crippen molar-refractivity contribution in [2.75, 3.05) is 36.9 Å². The number of fused-ring (bicyclic) bond motifs is 1. The van der Waals surface area contributed by atoms with E-state index in [1.165, 1.54) is 0 Å². The third kappa shape index (κ3) is 3.42. The van der Waals surface area contributed by atoms with Crippen molar-refractivity contribution in [3.63, 3.8) is 0 Å². The van der Waals surface area contributed by atoms with E-state index in [2.05, 4.69) is 17.6 Å². The van der Waals surface area contributed by atoms with Crippen molar-refractivity contribution in [3.05, 3.63) is 24.3 Å². The Bertz CT molecular complexity index is 450. The van der Waals surface area contributed by atoms with Crippen LogP contribution in [-0.4, -0.2) is 48.2 Å². The van der Waals surface area contributed by atoms with Gasteiger partial charge in [0.1, 0.15) is 6.04 Å². The van der Waals surface area contributed by atoms with E-state index < -0.39 is 0 Å².